The molecule has 0 saturated heterocycles. The number of pyridine rings is 1. The predicted molar refractivity (Wildman–Crippen MR) is 112 cm³/mol. The van der Waals surface area contributed by atoms with Gasteiger partial charge in [-0.2, -0.15) is 10.2 Å². The van der Waals surface area contributed by atoms with E-state index in [-0.39, 0.29) is 11.7 Å². The first kappa shape index (κ1) is 18.4. The van der Waals surface area contributed by atoms with Crippen molar-refractivity contribution in [2.75, 3.05) is 5.32 Å². The molecule has 0 aromatic carbocycles. The molecule has 4 aromatic rings. The van der Waals surface area contributed by atoms with Crippen LogP contribution in [0, 0.1) is 5.92 Å². The fraction of sp³-hybridized carbons (Fsp3) is 0.273. The van der Waals surface area contributed by atoms with Gasteiger partial charge in [0, 0.05) is 18.6 Å². The molecule has 1 aliphatic rings. The van der Waals surface area contributed by atoms with Crippen molar-refractivity contribution in [2.24, 2.45) is 5.92 Å². The summed E-state index contributed by atoms with van der Waals surface area (Å²) in [5, 5.41) is 14.4. The van der Waals surface area contributed by atoms with Gasteiger partial charge in [-0.25, -0.2) is 0 Å². The van der Waals surface area contributed by atoms with Gasteiger partial charge in [0.1, 0.15) is 11.5 Å². The molecule has 5 rings (SSSR count). The maximum atomic E-state index is 12.9. The molecule has 0 radical (unpaired) electrons. The lowest BCUT2D eigenvalue weighted by Crippen LogP contribution is -2.11. The summed E-state index contributed by atoms with van der Waals surface area (Å²) in [6.45, 7) is 2.26. The number of amides is 1. The van der Waals surface area contributed by atoms with E-state index in [0.717, 1.165) is 24.1 Å². The van der Waals surface area contributed by atoms with Crippen LogP contribution in [0.1, 0.15) is 42.8 Å². The van der Waals surface area contributed by atoms with Gasteiger partial charge in [0.05, 0.1) is 29.2 Å². The smallest absolute Gasteiger partial charge is 0.291 e. The molecule has 0 unspecified atom stereocenters. The third-order valence-electron chi connectivity index (χ3n) is 5.54. The van der Waals surface area contributed by atoms with Crippen LogP contribution in [0.25, 0.3) is 22.7 Å². The van der Waals surface area contributed by atoms with Crippen molar-refractivity contribution in [2.45, 2.75) is 32.2 Å². The molecule has 0 aliphatic heterocycles. The minimum absolute atomic E-state index is 0.223. The van der Waals surface area contributed by atoms with Crippen molar-refractivity contribution in [3.05, 3.63) is 60.9 Å². The highest BCUT2D eigenvalue weighted by molar-refractivity contribution is 6.04. The van der Waals surface area contributed by atoms with Crippen LogP contribution in [0.5, 0.6) is 0 Å². The SMILES string of the molecule is C[C@H]1CC[C@H](n2cc(NC(=O)c3ccc(-c4cn[nH]c4)o3)c(-c3ccccn3)n2)C1. The Kier molecular flexibility index (Phi) is 4.66. The summed E-state index contributed by atoms with van der Waals surface area (Å²) in [4.78, 5) is 17.3. The Morgan fingerprint density at radius 2 is 2.20 bits per heavy atom. The Labute approximate surface area is 173 Å². The van der Waals surface area contributed by atoms with Crippen LogP contribution >= 0.6 is 0 Å². The van der Waals surface area contributed by atoms with E-state index in [1.165, 1.54) is 6.42 Å². The van der Waals surface area contributed by atoms with Crippen molar-refractivity contribution in [3.63, 3.8) is 0 Å². The summed E-state index contributed by atoms with van der Waals surface area (Å²) >= 11 is 0. The van der Waals surface area contributed by atoms with Crippen molar-refractivity contribution >= 4 is 11.6 Å². The normalized spacial score (nSPS) is 18.6. The number of nitrogens with zero attached hydrogens (tertiary/aromatic N) is 4. The van der Waals surface area contributed by atoms with Crippen LogP contribution in [-0.2, 0) is 0 Å². The number of aromatic amines is 1. The molecule has 1 amide bonds. The molecule has 2 N–H and O–H groups in total. The molecule has 8 heteroatoms. The largest absolute Gasteiger partial charge is 0.451 e. The van der Waals surface area contributed by atoms with E-state index in [2.05, 4.69) is 27.4 Å². The lowest BCUT2D eigenvalue weighted by atomic mass is 10.1. The fourth-order valence-corrected chi connectivity index (χ4v) is 3.96. The quantitative estimate of drug-likeness (QED) is 0.510. The highest BCUT2D eigenvalue weighted by Crippen LogP contribution is 2.36. The summed E-state index contributed by atoms with van der Waals surface area (Å²) < 4.78 is 7.69. The van der Waals surface area contributed by atoms with Gasteiger partial charge in [-0.05, 0) is 49.4 Å². The average Bonchev–Trinajstić information content (AvgIpc) is 3.54. The molecule has 0 spiro atoms. The van der Waals surface area contributed by atoms with Crippen LogP contribution in [0.15, 0.2) is 59.5 Å². The molecule has 8 nitrogen and oxygen atoms in total. The topological polar surface area (TPSA) is 102 Å². The number of carbonyl (C=O) groups excluding carboxylic acids is 1. The molecule has 0 bridgehead atoms. The van der Waals surface area contributed by atoms with Gasteiger partial charge in [-0.3, -0.25) is 19.6 Å². The number of H-pyrrole nitrogens is 1. The van der Waals surface area contributed by atoms with Gasteiger partial charge in [0.15, 0.2) is 5.76 Å². The molecule has 1 aliphatic carbocycles. The molecule has 1 saturated carbocycles. The standard InChI is InChI=1S/C22H22N6O2/c1-14-5-6-16(10-14)28-13-18(21(27-28)17-4-2-3-9-23-17)26-22(29)20-8-7-19(30-20)15-11-24-25-12-15/h2-4,7-9,11-14,16H,5-6,10H2,1H3,(H,24,25)(H,26,29)/t14-,16-/m0/s1. The Morgan fingerprint density at radius 3 is 2.93 bits per heavy atom. The van der Waals surface area contributed by atoms with E-state index >= 15 is 0 Å². The van der Waals surface area contributed by atoms with E-state index in [1.807, 2.05) is 29.1 Å². The Hall–Kier alpha value is -3.68. The van der Waals surface area contributed by atoms with Gasteiger partial charge in [0.25, 0.3) is 5.91 Å². The number of furan rings is 1. The zero-order valence-electron chi connectivity index (χ0n) is 16.6. The number of hydrogen-bond donors (Lipinski definition) is 2. The third-order valence-corrected chi connectivity index (χ3v) is 5.54. The van der Waals surface area contributed by atoms with Gasteiger partial charge < -0.3 is 9.73 Å². The lowest BCUT2D eigenvalue weighted by molar-refractivity contribution is 0.0997. The number of rotatable bonds is 5. The van der Waals surface area contributed by atoms with Gasteiger partial charge >= 0.3 is 0 Å². The van der Waals surface area contributed by atoms with E-state index < -0.39 is 0 Å². The highest BCUT2D eigenvalue weighted by Gasteiger charge is 2.26. The maximum absolute atomic E-state index is 12.9. The maximum Gasteiger partial charge on any atom is 0.291 e. The van der Waals surface area contributed by atoms with Crippen molar-refractivity contribution in [1.29, 1.82) is 0 Å². The lowest BCUT2D eigenvalue weighted by Gasteiger charge is -2.09. The van der Waals surface area contributed by atoms with Gasteiger partial charge in [-0.1, -0.05) is 13.0 Å². The third kappa shape index (κ3) is 3.52. The summed E-state index contributed by atoms with van der Waals surface area (Å²) in [5.41, 5.74) is 2.78. The molecule has 152 valence electrons. The number of carbonyl (C=O) groups is 1. The van der Waals surface area contributed by atoms with Crippen LogP contribution < -0.4 is 5.32 Å². The van der Waals surface area contributed by atoms with Crippen LogP contribution in [0.4, 0.5) is 5.69 Å². The number of aromatic nitrogens is 5. The molecule has 4 aromatic heterocycles. The van der Waals surface area contributed by atoms with E-state index in [9.17, 15) is 4.79 Å². The summed E-state index contributed by atoms with van der Waals surface area (Å²) in [5.74, 6) is 1.15. The average molecular weight is 402 g/mol. The fourth-order valence-electron chi connectivity index (χ4n) is 3.96. The zero-order chi connectivity index (χ0) is 20.5. The van der Waals surface area contributed by atoms with E-state index in [0.29, 0.717) is 29.1 Å². The minimum Gasteiger partial charge on any atom is -0.451 e. The summed E-state index contributed by atoms with van der Waals surface area (Å²) in [6.07, 6.45) is 10.4. The number of anilines is 1. The second kappa shape index (κ2) is 7.62. The molecule has 1 fully saturated rings. The van der Waals surface area contributed by atoms with Crippen molar-refractivity contribution < 1.29 is 9.21 Å². The molecular formula is C22H22N6O2. The van der Waals surface area contributed by atoms with Gasteiger partial charge in [-0.15, -0.1) is 0 Å². The Balaban J connectivity index is 1.44. The van der Waals surface area contributed by atoms with E-state index in [4.69, 9.17) is 9.52 Å². The van der Waals surface area contributed by atoms with E-state index in [1.54, 1.807) is 30.7 Å². The second-order valence-electron chi connectivity index (χ2n) is 7.76. The van der Waals surface area contributed by atoms with Crippen LogP contribution in [-0.4, -0.2) is 30.9 Å². The molecule has 30 heavy (non-hydrogen) atoms. The highest BCUT2D eigenvalue weighted by atomic mass is 16.3. The Morgan fingerprint density at radius 1 is 1.27 bits per heavy atom. The first-order valence-electron chi connectivity index (χ1n) is 10.1. The van der Waals surface area contributed by atoms with Crippen LogP contribution in [0.3, 0.4) is 0 Å². The predicted octanol–water partition coefficient (Wildman–Crippen LogP) is 4.54. The van der Waals surface area contributed by atoms with Crippen LogP contribution in [0.2, 0.25) is 0 Å². The minimum atomic E-state index is -0.332. The summed E-state index contributed by atoms with van der Waals surface area (Å²) in [7, 11) is 0. The van der Waals surface area contributed by atoms with Crippen molar-refractivity contribution in [3.8, 4) is 22.7 Å². The zero-order valence-corrected chi connectivity index (χ0v) is 16.6. The molecule has 2 atom stereocenters. The van der Waals surface area contributed by atoms with Crippen molar-refractivity contribution in [1.82, 2.24) is 25.0 Å². The first-order valence-corrected chi connectivity index (χ1v) is 10.1. The Bertz CT molecular complexity index is 1150. The number of nitrogens with one attached hydrogen (secondary N) is 2. The molecule has 4 heterocycles. The van der Waals surface area contributed by atoms with Gasteiger partial charge in [0.2, 0.25) is 0 Å². The second-order valence-corrected chi connectivity index (χ2v) is 7.76. The molecular weight excluding hydrogens is 380 g/mol. The first-order chi connectivity index (χ1) is 14.7. The number of hydrogen-bond acceptors (Lipinski definition) is 5. The monoisotopic (exact) mass is 402 g/mol. The summed E-state index contributed by atoms with van der Waals surface area (Å²) in [6, 6.07) is 9.41.